The number of ketones is 1. The van der Waals surface area contributed by atoms with Crippen LogP contribution in [0.2, 0.25) is 0 Å². The number of carbonyl (C=O) groups excluding carboxylic acids is 2. The Hall–Kier alpha value is -1.20. The van der Waals surface area contributed by atoms with E-state index in [4.69, 9.17) is 5.73 Å². The van der Waals surface area contributed by atoms with Crippen molar-refractivity contribution in [3.63, 3.8) is 0 Å². The second-order valence-corrected chi connectivity index (χ2v) is 6.85. The summed E-state index contributed by atoms with van der Waals surface area (Å²) < 4.78 is 0. The first-order valence-electron chi connectivity index (χ1n) is 7.57. The monoisotopic (exact) mass is 310 g/mol. The third-order valence-corrected chi connectivity index (χ3v) is 4.44. The molecule has 1 rings (SSSR count). The van der Waals surface area contributed by atoms with Gasteiger partial charge in [-0.05, 0) is 26.3 Å². The van der Waals surface area contributed by atoms with Crippen LogP contribution in [-0.4, -0.2) is 24.3 Å². The van der Waals surface area contributed by atoms with E-state index in [-0.39, 0.29) is 30.6 Å². The molecule has 0 aliphatic heterocycles. The molecule has 1 unspecified atom stereocenters. The first kappa shape index (κ1) is 17.9. The van der Waals surface area contributed by atoms with Gasteiger partial charge in [0.1, 0.15) is 0 Å². The summed E-state index contributed by atoms with van der Waals surface area (Å²) in [6.07, 6.45) is 3.52. The molecule has 1 atom stereocenters. The molecule has 0 aromatic carbocycles. The van der Waals surface area contributed by atoms with E-state index in [0.717, 1.165) is 34.6 Å². The number of thiophene rings is 1. The minimum Gasteiger partial charge on any atom is -0.352 e. The SMILES string of the molecule is CCCCC(CN)NC(=O)CCC(=O)c1cc(C)sc1C. The highest BCUT2D eigenvalue weighted by Gasteiger charge is 2.15. The van der Waals surface area contributed by atoms with E-state index in [0.29, 0.717) is 6.54 Å². The number of carbonyl (C=O) groups is 2. The van der Waals surface area contributed by atoms with Crippen LogP contribution in [0.3, 0.4) is 0 Å². The Morgan fingerprint density at radius 3 is 2.57 bits per heavy atom. The summed E-state index contributed by atoms with van der Waals surface area (Å²) >= 11 is 1.62. The molecule has 0 bridgehead atoms. The number of Topliss-reactive ketones (excluding diaryl/α,β-unsaturated/α-hetero) is 1. The maximum absolute atomic E-state index is 12.1. The summed E-state index contributed by atoms with van der Waals surface area (Å²) in [6, 6.07) is 1.93. The second-order valence-electron chi connectivity index (χ2n) is 5.39. The largest absolute Gasteiger partial charge is 0.352 e. The maximum atomic E-state index is 12.1. The smallest absolute Gasteiger partial charge is 0.220 e. The van der Waals surface area contributed by atoms with Crippen LogP contribution in [0, 0.1) is 13.8 Å². The lowest BCUT2D eigenvalue weighted by atomic mass is 10.1. The molecular formula is C16H26N2O2S. The zero-order valence-corrected chi connectivity index (χ0v) is 14.0. The lowest BCUT2D eigenvalue weighted by Crippen LogP contribution is -2.40. The number of aryl methyl sites for hydroxylation is 2. The highest BCUT2D eigenvalue weighted by atomic mass is 32.1. The molecule has 118 valence electrons. The predicted octanol–water partition coefficient (Wildman–Crippen LogP) is 2.96. The van der Waals surface area contributed by atoms with Crippen molar-refractivity contribution in [2.24, 2.45) is 5.73 Å². The Kier molecular flexibility index (Phi) is 7.61. The molecule has 1 amide bonds. The minimum atomic E-state index is -0.0838. The molecule has 5 heteroatoms. The van der Waals surface area contributed by atoms with Gasteiger partial charge < -0.3 is 11.1 Å². The van der Waals surface area contributed by atoms with Crippen molar-refractivity contribution in [3.05, 3.63) is 21.4 Å². The minimum absolute atomic E-state index is 0.0256. The molecule has 0 fully saturated rings. The molecule has 0 spiro atoms. The quantitative estimate of drug-likeness (QED) is 0.689. The molecular weight excluding hydrogens is 284 g/mol. The van der Waals surface area contributed by atoms with Gasteiger partial charge in [0, 0.05) is 40.7 Å². The Balaban J connectivity index is 2.41. The zero-order valence-electron chi connectivity index (χ0n) is 13.2. The molecule has 1 aromatic heterocycles. The molecule has 3 N–H and O–H groups in total. The second kappa shape index (κ2) is 8.95. The van der Waals surface area contributed by atoms with Crippen LogP contribution in [0.1, 0.15) is 59.1 Å². The summed E-state index contributed by atoms with van der Waals surface area (Å²) in [5.41, 5.74) is 6.41. The van der Waals surface area contributed by atoms with E-state index in [1.165, 1.54) is 0 Å². The van der Waals surface area contributed by atoms with Crippen LogP contribution < -0.4 is 11.1 Å². The number of unbranched alkanes of at least 4 members (excludes halogenated alkanes) is 1. The average Bonchev–Trinajstić information content (AvgIpc) is 2.79. The zero-order chi connectivity index (χ0) is 15.8. The normalized spacial score (nSPS) is 12.2. The summed E-state index contributed by atoms with van der Waals surface area (Å²) in [4.78, 5) is 26.2. The lowest BCUT2D eigenvalue weighted by molar-refractivity contribution is -0.121. The number of hydrogen-bond donors (Lipinski definition) is 2. The molecule has 21 heavy (non-hydrogen) atoms. The molecule has 0 aliphatic rings. The molecule has 0 saturated carbocycles. The van der Waals surface area contributed by atoms with E-state index >= 15 is 0 Å². The standard InChI is InChI=1S/C16H26N2O2S/c1-4-5-6-13(10-17)18-16(20)8-7-15(19)14-9-11(2)21-12(14)3/h9,13H,4-8,10,17H2,1-3H3,(H,18,20). The third-order valence-electron chi connectivity index (χ3n) is 3.48. The van der Waals surface area contributed by atoms with Gasteiger partial charge in [-0.15, -0.1) is 11.3 Å². The van der Waals surface area contributed by atoms with Crippen molar-refractivity contribution in [2.45, 2.75) is 58.9 Å². The maximum Gasteiger partial charge on any atom is 0.220 e. The number of nitrogens with one attached hydrogen (secondary N) is 1. The summed E-state index contributed by atoms with van der Waals surface area (Å²) in [5.74, 6) is -0.0376. The van der Waals surface area contributed by atoms with Crippen LogP contribution >= 0.6 is 11.3 Å². The Morgan fingerprint density at radius 1 is 1.33 bits per heavy atom. The highest BCUT2D eigenvalue weighted by Crippen LogP contribution is 2.22. The Bertz CT molecular complexity index is 483. The molecule has 0 aliphatic carbocycles. The fraction of sp³-hybridized carbons (Fsp3) is 0.625. The average molecular weight is 310 g/mol. The molecule has 0 radical (unpaired) electrons. The van der Waals surface area contributed by atoms with Crippen LogP contribution in [0.25, 0.3) is 0 Å². The van der Waals surface area contributed by atoms with Gasteiger partial charge in [-0.3, -0.25) is 9.59 Å². The molecule has 4 nitrogen and oxygen atoms in total. The fourth-order valence-electron chi connectivity index (χ4n) is 2.27. The van der Waals surface area contributed by atoms with Crippen molar-refractivity contribution in [1.29, 1.82) is 0 Å². The van der Waals surface area contributed by atoms with Crippen molar-refractivity contribution >= 4 is 23.0 Å². The Morgan fingerprint density at radius 2 is 2.05 bits per heavy atom. The van der Waals surface area contributed by atoms with E-state index in [9.17, 15) is 9.59 Å². The van der Waals surface area contributed by atoms with Crippen LogP contribution in [0.15, 0.2) is 6.07 Å². The van der Waals surface area contributed by atoms with E-state index in [1.807, 2.05) is 19.9 Å². The van der Waals surface area contributed by atoms with Crippen molar-refractivity contribution in [3.8, 4) is 0 Å². The fourth-order valence-corrected chi connectivity index (χ4v) is 3.21. The van der Waals surface area contributed by atoms with Gasteiger partial charge in [-0.25, -0.2) is 0 Å². The van der Waals surface area contributed by atoms with E-state index < -0.39 is 0 Å². The number of hydrogen-bond acceptors (Lipinski definition) is 4. The van der Waals surface area contributed by atoms with Crippen molar-refractivity contribution in [1.82, 2.24) is 5.32 Å². The van der Waals surface area contributed by atoms with E-state index in [1.54, 1.807) is 11.3 Å². The van der Waals surface area contributed by atoms with Gasteiger partial charge in [0.15, 0.2) is 5.78 Å². The Labute approximate surface area is 131 Å². The molecule has 0 saturated heterocycles. The molecule has 1 aromatic rings. The summed E-state index contributed by atoms with van der Waals surface area (Å²) in [6.45, 7) is 6.49. The number of amides is 1. The van der Waals surface area contributed by atoms with Crippen LogP contribution in [0.5, 0.6) is 0 Å². The van der Waals surface area contributed by atoms with Gasteiger partial charge >= 0.3 is 0 Å². The molecule has 1 heterocycles. The van der Waals surface area contributed by atoms with Crippen LogP contribution in [0.4, 0.5) is 0 Å². The third kappa shape index (κ3) is 5.98. The number of rotatable bonds is 9. The topological polar surface area (TPSA) is 72.2 Å². The number of nitrogens with two attached hydrogens (primary N) is 1. The van der Waals surface area contributed by atoms with Gasteiger partial charge in [0.2, 0.25) is 5.91 Å². The van der Waals surface area contributed by atoms with Gasteiger partial charge in [0.05, 0.1) is 0 Å². The van der Waals surface area contributed by atoms with Crippen LogP contribution in [-0.2, 0) is 4.79 Å². The lowest BCUT2D eigenvalue weighted by Gasteiger charge is -2.16. The van der Waals surface area contributed by atoms with Gasteiger partial charge in [-0.1, -0.05) is 19.8 Å². The van der Waals surface area contributed by atoms with E-state index in [2.05, 4.69) is 12.2 Å². The van der Waals surface area contributed by atoms with Gasteiger partial charge in [0.25, 0.3) is 0 Å². The summed E-state index contributed by atoms with van der Waals surface area (Å²) in [7, 11) is 0. The summed E-state index contributed by atoms with van der Waals surface area (Å²) in [5, 5.41) is 2.91. The van der Waals surface area contributed by atoms with Crippen molar-refractivity contribution < 1.29 is 9.59 Å². The van der Waals surface area contributed by atoms with Crippen molar-refractivity contribution in [2.75, 3.05) is 6.54 Å². The van der Waals surface area contributed by atoms with Gasteiger partial charge in [-0.2, -0.15) is 0 Å². The predicted molar refractivity (Wildman–Crippen MR) is 87.9 cm³/mol. The first-order valence-corrected chi connectivity index (χ1v) is 8.39. The highest BCUT2D eigenvalue weighted by molar-refractivity contribution is 7.12. The first-order chi connectivity index (χ1) is 9.97.